The number of rotatable bonds is 3. The number of aliphatic hydroxyl groups excluding tert-OH is 1. The molecule has 6 heteroatoms. The fourth-order valence-electron chi connectivity index (χ4n) is 2.28. The van der Waals surface area contributed by atoms with Gasteiger partial charge in [0.05, 0.1) is 11.0 Å². The summed E-state index contributed by atoms with van der Waals surface area (Å²) in [5, 5.41) is 10.6. The lowest BCUT2D eigenvalue weighted by Gasteiger charge is -2.33. The molecule has 1 amide bonds. The van der Waals surface area contributed by atoms with Crippen molar-refractivity contribution in [1.29, 1.82) is 0 Å². The van der Waals surface area contributed by atoms with Gasteiger partial charge in [0.15, 0.2) is 9.84 Å². The van der Waals surface area contributed by atoms with Crippen molar-refractivity contribution in [3.8, 4) is 0 Å². The van der Waals surface area contributed by atoms with E-state index in [0.29, 0.717) is 19.5 Å². The average molecular weight is 309 g/mol. The summed E-state index contributed by atoms with van der Waals surface area (Å²) < 4.78 is 24.1. The molecule has 0 saturated carbocycles. The lowest BCUT2D eigenvalue weighted by atomic mass is 9.97. The van der Waals surface area contributed by atoms with Gasteiger partial charge in [-0.2, -0.15) is 0 Å². The van der Waals surface area contributed by atoms with Gasteiger partial charge in [0.2, 0.25) is 5.91 Å². The highest BCUT2D eigenvalue weighted by atomic mass is 32.2. The number of nitrogens with zero attached hydrogens (tertiary/aromatic N) is 1. The standard InChI is InChI=1S/C15H19NO4S/c1-12-11-16(9-7-14(12)17)15(18)8-10-21(19,20)13-5-3-2-4-6-13/h2-6,8,10,12,14,17H,7,9,11H2,1H3/b10-8+. The molecule has 1 heterocycles. The molecule has 1 aromatic carbocycles. The molecule has 114 valence electrons. The predicted octanol–water partition coefficient (Wildman–Crippen LogP) is 1.20. The second kappa shape index (κ2) is 6.41. The number of benzene rings is 1. The molecule has 0 bridgehead atoms. The van der Waals surface area contributed by atoms with Crippen LogP contribution in [0.15, 0.2) is 46.7 Å². The van der Waals surface area contributed by atoms with Crippen LogP contribution < -0.4 is 0 Å². The van der Waals surface area contributed by atoms with Crippen LogP contribution in [0.1, 0.15) is 13.3 Å². The van der Waals surface area contributed by atoms with E-state index in [9.17, 15) is 18.3 Å². The van der Waals surface area contributed by atoms with Gasteiger partial charge in [-0.1, -0.05) is 25.1 Å². The fraction of sp³-hybridized carbons (Fsp3) is 0.400. The Balaban J connectivity index is 2.06. The second-order valence-electron chi connectivity index (χ2n) is 5.28. The van der Waals surface area contributed by atoms with Gasteiger partial charge in [-0.05, 0) is 24.5 Å². The summed E-state index contributed by atoms with van der Waals surface area (Å²) >= 11 is 0. The third-order valence-corrected chi connectivity index (χ3v) is 5.06. The van der Waals surface area contributed by atoms with E-state index in [2.05, 4.69) is 0 Å². The Bertz CT molecular complexity index is 624. The molecule has 1 N–H and O–H groups in total. The fourth-order valence-corrected chi connectivity index (χ4v) is 3.26. The van der Waals surface area contributed by atoms with Crippen molar-refractivity contribution >= 4 is 15.7 Å². The van der Waals surface area contributed by atoms with Gasteiger partial charge < -0.3 is 10.0 Å². The number of amides is 1. The largest absolute Gasteiger partial charge is 0.393 e. The molecule has 0 radical (unpaired) electrons. The number of aliphatic hydroxyl groups is 1. The highest BCUT2D eigenvalue weighted by molar-refractivity contribution is 7.94. The van der Waals surface area contributed by atoms with Crippen LogP contribution in [0.5, 0.6) is 0 Å². The van der Waals surface area contributed by atoms with Crippen LogP contribution in [0.2, 0.25) is 0 Å². The van der Waals surface area contributed by atoms with Crippen LogP contribution in [-0.4, -0.2) is 43.5 Å². The predicted molar refractivity (Wildman–Crippen MR) is 79.1 cm³/mol. The molecule has 5 nitrogen and oxygen atoms in total. The minimum atomic E-state index is -3.60. The van der Waals surface area contributed by atoms with Crippen LogP contribution >= 0.6 is 0 Å². The second-order valence-corrected chi connectivity index (χ2v) is 7.11. The summed E-state index contributed by atoms with van der Waals surface area (Å²) in [6.45, 7) is 2.75. The molecule has 1 saturated heterocycles. The molecule has 0 spiro atoms. The first-order chi connectivity index (χ1) is 9.90. The Morgan fingerprint density at radius 3 is 2.62 bits per heavy atom. The maximum absolute atomic E-state index is 12.0. The van der Waals surface area contributed by atoms with Crippen LogP contribution in [0.4, 0.5) is 0 Å². The molecular weight excluding hydrogens is 290 g/mol. The maximum Gasteiger partial charge on any atom is 0.247 e. The Kier molecular flexibility index (Phi) is 4.80. The van der Waals surface area contributed by atoms with E-state index in [1.165, 1.54) is 12.1 Å². The number of piperidine rings is 1. The molecule has 2 rings (SSSR count). The number of hydrogen-bond acceptors (Lipinski definition) is 4. The number of hydrogen-bond donors (Lipinski definition) is 1. The third-order valence-electron chi connectivity index (χ3n) is 3.63. The molecular formula is C15H19NO4S. The van der Waals surface area contributed by atoms with Gasteiger partial charge in [-0.25, -0.2) is 8.42 Å². The number of carbonyl (C=O) groups is 1. The lowest BCUT2D eigenvalue weighted by molar-refractivity contribution is -0.129. The van der Waals surface area contributed by atoms with Gasteiger partial charge >= 0.3 is 0 Å². The summed E-state index contributed by atoms with van der Waals surface area (Å²) in [7, 11) is -3.60. The molecule has 21 heavy (non-hydrogen) atoms. The quantitative estimate of drug-likeness (QED) is 0.852. The molecule has 1 aliphatic rings. The van der Waals surface area contributed by atoms with E-state index >= 15 is 0 Å². The number of likely N-dealkylation sites (tertiary alicyclic amines) is 1. The molecule has 1 fully saturated rings. The highest BCUT2D eigenvalue weighted by Gasteiger charge is 2.26. The summed E-state index contributed by atoms with van der Waals surface area (Å²) in [6.07, 6.45) is 1.21. The SMILES string of the molecule is CC1CN(C(=O)/C=C/S(=O)(=O)c2ccccc2)CCC1O. The molecule has 0 aliphatic carbocycles. The number of carbonyl (C=O) groups excluding carboxylic acids is 1. The van der Waals surface area contributed by atoms with Crippen LogP contribution in [0, 0.1) is 5.92 Å². The smallest absolute Gasteiger partial charge is 0.247 e. The Hall–Kier alpha value is -1.66. The zero-order valence-electron chi connectivity index (χ0n) is 11.8. The lowest BCUT2D eigenvalue weighted by Crippen LogP contribution is -2.44. The molecule has 1 aromatic rings. The Labute approximate surface area is 124 Å². The van der Waals surface area contributed by atoms with Gasteiger partial charge in [0, 0.05) is 24.6 Å². The monoisotopic (exact) mass is 309 g/mol. The Morgan fingerprint density at radius 2 is 2.00 bits per heavy atom. The summed E-state index contributed by atoms with van der Waals surface area (Å²) in [6, 6.07) is 7.98. The summed E-state index contributed by atoms with van der Waals surface area (Å²) in [5.41, 5.74) is 0. The van der Waals surface area contributed by atoms with E-state index in [-0.39, 0.29) is 16.7 Å². The molecule has 2 atom stereocenters. The van der Waals surface area contributed by atoms with Crippen LogP contribution in [0.3, 0.4) is 0 Å². The zero-order valence-corrected chi connectivity index (χ0v) is 12.7. The van der Waals surface area contributed by atoms with Crippen molar-refractivity contribution in [2.45, 2.75) is 24.3 Å². The maximum atomic E-state index is 12.0. The van der Waals surface area contributed by atoms with Crippen molar-refractivity contribution in [2.75, 3.05) is 13.1 Å². The van der Waals surface area contributed by atoms with Crippen molar-refractivity contribution in [2.24, 2.45) is 5.92 Å². The van der Waals surface area contributed by atoms with Crippen molar-refractivity contribution < 1.29 is 18.3 Å². The molecule has 0 aromatic heterocycles. The van der Waals surface area contributed by atoms with Crippen LogP contribution in [-0.2, 0) is 14.6 Å². The third kappa shape index (κ3) is 3.92. The van der Waals surface area contributed by atoms with E-state index in [1.807, 2.05) is 6.92 Å². The minimum Gasteiger partial charge on any atom is -0.393 e. The topological polar surface area (TPSA) is 74.7 Å². The Morgan fingerprint density at radius 1 is 1.33 bits per heavy atom. The molecule has 1 aliphatic heterocycles. The summed E-state index contributed by atoms with van der Waals surface area (Å²) in [4.78, 5) is 13.7. The molecule has 2 unspecified atom stereocenters. The first-order valence-corrected chi connectivity index (χ1v) is 8.40. The zero-order chi connectivity index (χ0) is 15.5. The van der Waals surface area contributed by atoms with Crippen molar-refractivity contribution in [1.82, 2.24) is 4.90 Å². The minimum absolute atomic E-state index is 0.00169. The van der Waals surface area contributed by atoms with Crippen molar-refractivity contribution in [3.63, 3.8) is 0 Å². The number of sulfone groups is 1. The van der Waals surface area contributed by atoms with E-state index in [1.54, 1.807) is 23.1 Å². The first-order valence-electron chi connectivity index (χ1n) is 6.85. The van der Waals surface area contributed by atoms with E-state index in [0.717, 1.165) is 11.5 Å². The van der Waals surface area contributed by atoms with Gasteiger partial charge in [-0.3, -0.25) is 4.79 Å². The van der Waals surface area contributed by atoms with Crippen molar-refractivity contribution in [3.05, 3.63) is 41.8 Å². The van der Waals surface area contributed by atoms with E-state index < -0.39 is 15.9 Å². The van der Waals surface area contributed by atoms with Crippen LogP contribution in [0.25, 0.3) is 0 Å². The highest BCUT2D eigenvalue weighted by Crippen LogP contribution is 2.17. The van der Waals surface area contributed by atoms with Gasteiger partial charge in [-0.15, -0.1) is 0 Å². The van der Waals surface area contributed by atoms with Gasteiger partial charge in [0.25, 0.3) is 0 Å². The normalized spacial score (nSPS) is 23.4. The summed E-state index contributed by atoms with van der Waals surface area (Å²) in [5.74, 6) is -0.338. The van der Waals surface area contributed by atoms with Gasteiger partial charge in [0.1, 0.15) is 0 Å². The average Bonchev–Trinajstić information content (AvgIpc) is 2.48. The van der Waals surface area contributed by atoms with E-state index in [4.69, 9.17) is 0 Å². The first kappa shape index (κ1) is 15.7.